The van der Waals surface area contributed by atoms with Crippen molar-refractivity contribution in [2.75, 3.05) is 27.3 Å². The third-order valence-corrected chi connectivity index (χ3v) is 3.60. The number of rotatable bonds is 2. The lowest BCUT2D eigenvalue weighted by Gasteiger charge is -2.37. The highest BCUT2D eigenvalue weighted by Gasteiger charge is 2.47. The molecule has 0 amide bonds. The summed E-state index contributed by atoms with van der Waals surface area (Å²) in [5, 5.41) is 0. The second kappa shape index (κ2) is 3.00. The fraction of sp³-hybridized carbons (Fsp3) is 1.00. The summed E-state index contributed by atoms with van der Waals surface area (Å²) in [6.45, 7) is 2.19. The maximum atomic E-state index is 5.23. The SMILES string of the molecule is COCC1CC2(CCN1C)CC2. The molecule has 1 aliphatic heterocycles. The number of likely N-dealkylation sites (tertiary alicyclic amines) is 1. The largest absolute Gasteiger partial charge is 0.383 e. The highest BCUT2D eigenvalue weighted by molar-refractivity contribution is 4.99. The second-order valence-corrected chi connectivity index (χ2v) is 4.54. The number of hydrogen-bond acceptors (Lipinski definition) is 2. The molecule has 2 nitrogen and oxygen atoms in total. The summed E-state index contributed by atoms with van der Waals surface area (Å²) in [6.07, 6.45) is 5.74. The number of methoxy groups -OCH3 is 1. The van der Waals surface area contributed by atoms with E-state index in [4.69, 9.17) is 4.74 Å². The predicted octanol–water partition coefficient (Wildman–Crippen LogP) is 1.51. The molecule has 0 radical (unpaired) electrons. The normalized spacial score (nSPS) is 34.0. The fourth-order valence-electron chi connectivity index (χ4n) is 2.36. The number of piperidine rings is 1. The average molecular weight is 169 g/mol. The van der Waals surface area contributed by atoms with Gasteiger partial charge in [0.1, 0.15) is 0 Å². The quantitative estimate of drug-likeness (QED) is 0.621. The van der Waals surface area contributed by atoms with Gasteiger partial charge in [0.25, 0.3) is 0 Å². The van der Waals surface area contributed by atoms with Gasteiger partial charge in [-0.1, -0.05) is 0 Å². The van der Waals surface area contributed by atoms with Crippen LogP contribution < -0.4 is 0 Å². The summed E-state index contributed by atoms with van der Waals surface area (Å²) in [4.78, 5) is 2.45. The summed E-state index contributed by atoms with van der Waals surface area (Å²) < 4.78 is 5.23. The number of nitrogens with zero attached hydrogens (tertiary/aromatic N) is 1. The first-order valence-electron chi connectivity index (χ1n) is 4.95. The molecular formula is C10H19NO. The minimum atomic E-state index is 0.686. The van der Waals surface area contributed by atoms with Gasteiger partial charge in [-0.15, -0.1) is 0 Å². The van der Waals surface area contributed by atoms with Crippen LogP contribution in [0.1, 0.15) is 25.7 Å². The van der Waals surface area contributed by atoms with Crippen molar-refractivity contribution >= 4 is 0 Å². The number of hydrogen-bond donors (Lipinski definition) is 0. The van der Waals surface area contributed by atoms with E-state index in [1.807, 2.05) is 7.11 Å². The van der Waals surface area contributed by atoms with Crippen molar-refractivity contribution in [1.29, 1.82) is 0 Å². The first kappa shape index (κ1) is 8.52. The maximum Gasteiger partial charge on any atom is 0.0618 e. The summed E-state index contributed by atoms with van der Waals surface area (Å²) in [5.41, 5.74) is 0.760. The van der Waals surface area contributed by atoms with Crippen LogP contribution in [-0.2, 0) is 4.74 Å². The van der Waals surface area contributed by atoms with Crippen LogP contribution in [0.15, 0.2) is 0 Å². The van der Waals surface area contributed by atoms with E-state index in [0.717, 1.165) is 12.0 Å². The maximum absolute atomic E-state index is 5.23. The first-order valence-corrected chi connectivity index (χ1v) is 4.95. The summed E-state index contributed by atoms with van der Waals surface area (Å²) in [5.74, 6) is 0. The number of ether oxygens (including phenoxy) is 1. The van der Waals surface area contributed by atoms with E-state index in [-0.39, 0.29) is 0 Å². The van der Waals surface area contributed by atoms with Crippen LogP contribution in [0.4, 0.5) is 0 Å². The Labute approximate surface area is 74.9 Å². The van der Waals surface area contributed by atoms with Crippen LogP contribution in [0.25, 0.3) is 0 Å². The van der Waals surface area contributed by atoms with Crippen molar-refractivity contribution in [2.24, 2.45) is 5.41 Å². The van der Waals surface area contributed by atoms with Gasteiger partial charge in [-0.05, 0) is 44.7 Å². The Hall–Kier alpha value is -0.0800. The molecule has 2 heteroatoms. The molecule has 1 saturated heterocycles. The smallest absolute Gasteiger partial charge is 0.0618 e. The lowest BCUT2D eigenvalue weighted by Crippen LogP contribution is -2.43. The van der Waals surface area contributed by atoms with E-state index in [0.29, 0.717) is 6.04 Å². The molecule has 1 spiro atoms. The van der Waals surface area contributed by atoms with Crippen molar-refractivity contribution in [3.8, 4) is 0 Å². The molecule has 0 aromatic rings. The minimum Gasteiger partial charge on any atom is -0.383 e. The van der Waals surface area contributed by atoms with Crippen LogP contribution in [0.3, 0.4) is 0 Å². The molecule has 2 rings (SSSR count). The predicted molar refractivity (Wildman–Crippen MR) is 49.2 cm³/mol. The van der Waals surface area contributed by atoms with E-state index >= 15 is 0 Å². The Bertz CT molecular complexity index is 165. The van der Waals surface area contributed by atoms with Crippen molar-refractivity contribution in [1.82, 2.24) is 4.90 Å². The molecule has 2 fully saturated rings. The van der Waals surface area contributed by atoms with E-state index in [1.165, 1.54) is 32.2 Å². The van der Waals surface area contributed by atoms with Gasteiger partial charge >= 0.3 is 0 Å². The Morgan fingerprint density at radius 2 is 2.17 bits per heavy atom. The zero-order valence-corrected chi connectivity index (χ0v) is 8.18. The molecule has 2 aliphatic rings. The van der Waals surface area contributed by atoms with Crippen LogP contribution in [0.2, 0.25) is 0 Å². The van der Waals surface area contributed by atoms with Crippen LogP contribution in [0.5, 0.6) is 0 Å². The highest BCUT2D eigenvalue weighted by atomic mass is 16.5. The van der Waals surface area contributed by atoms with Gasteiger partial charge < -0.3 is 9.64 Å². The van der Waals surface area contributed by atoms with E-state index < -0.39 is 0 Å². The van der Waals surface area contributed by atoms with Crippen molar-refractivity contribution in [2.45, 2.75) is 31.7 Å². The van der Waals surface area contributed by atoms with Crippen LogP contribution in [0, 0.1) is 5.41 Å². The molecule has 1 unspecified atom stereocenters. The minimum absolute atomic E-state index is 0.686. The lowest BCUT2D eigenvalue weighted by atomic mass is 9.88. The summed E-state index contributed by atoms with van der Waals surface area (Å²) >= 11 is 0. The molecule has 0 aromatic carbocycles. The molecule has 1 saturated carbocycles. The Morgan fingerprint density at radius 1 is 1.42 bits per heavy atom. The van der Waals surface area contributed by atoms with Gasteiger partial charge in [0, 0.05) is 13.2 Å². The second-order valence-electron chi connectivity index (χ2n) is 4.54. The van der Waals surface area contributed by atoms with Gasteiger partial charge in [-0.25, -0.2) is 0 Å². The van der Waals surface area contributed by atoms with Gasteiger partial charge in [0.2, 0.25) is 0 Å². The third kappa shape index (κ3) is 1.50. The molecule has 0 aromatic heterocycles. The zero-order chi connectivity index (χ0) is 8.60. The van der Waals surface area contributed by atoms with Gasteiger partial charge in [-0.3, -0.25) is 0 Å². The Morgan fingerprint density at radius 3 is 2.75 bits per heavy atom. The van der Waals surface area contributed by atoms with Gasteiger partial charge in [0.05, 0.1) is 6.61 Å². The van der Waals surface area contributed by atoms with Crippen molar-refractivity contribution in [3.63, 3.8) is 0 Å². The zero-order valence-electron chi connectivity index (χ0n) is 8.18. The average Bonchev–Trinajstić information content (AvgIpc) is 2.79. The standard InChI is InChI=1S/C10H19NO/c1-11-6-5-10(3-4-10)7-9(11)8-12-2/h9H,3-8H2,1-2H3. The van der Waals surface area contributed by atoms with E-state index in [1.54, 1.807) is 0 Å². The molecule has 0 bridgehead atoms. The summed E-state index contributed by atoms with van der Waals surface area (Å²) in [7, 11) is 4.03. The van der Waals surface area contributed by atoms with Gasteiger partial charge in [0.15, 0.2) is 0 Å². The first-order chi connectivity index (χ1) is 5.76. The molecule has 1 heterocycles. The fourth-order valence-corrected chi connectivity index (χ4v) is 2.36. The van der Waals surface area contributed by atoms with Crippen LogP contribution >= 0.6 is 0 Å². The number of likely N-dealkylation sites (N-methyl/N-ethyl adjacent to an activating group) is 1. The van der Waals surface area contributed by atoms with Crippen molar-refractivity contribution < 1.29 is 4.74 Å². The molecule has 0 N–H and O–H groups in total. The Kier molecular flexibility index (Phi) is 2.13. The molecule has 1 atom stereocenters. The Balaban J connectivity index is 1.91. The summed E-state index contributed by atoms with van der Waals surface area (Å²) in [6, 6.07) is 0.686. The van der Waals surface area contributed by atoms with E-state index in [2.05, 4.69) is 11.9 Å². The monoisotopic (exact) mass is 169 g/mol. The van der Waals surface area contributed by atoms with E-state index in [9.17, 15) is 0 Å². The highest BCUT2D eigenvalue weighted by Crippen LogP contribution is 2.54. The molecule has 70 valence electrons. The van der Waals surface area contributed by atoms with Crippen molar-refractivity contribution in [3.05, 3.63) is 0 Å². The molecule has 1 aliphatic carbocycles. The topological polar surface area (TPSA) is 12.5 Å². The third-order valence-electron chi connectivity index (χ3n) is 3.60. The van der Waals surface area contributed by atoms with Gasteiger partial charge in [-0.2, -0.15) is 0 Å². The van der Waals surface area contributed by atoms with Crippen LogP contribution in [-0.4, -0.2) is 38.3 Å². The molecule has 12 heavy (non-hydrogen) atoms. The lowest BCUT2D eigenvalue weighted by molar-refractivity contribution is 0.0557. The molecular weight excluding hydrogens is 150 g/mol.